The van der Waals surface area contributed by atoms with Gasteiger partial charge in [0, 0.05) is 21.7 Å². The molecular formula is C40H37ClN2O6S. The van der Waals surface area contributed by atoms with E-state index in [-0.39, 0.29) is 24.3 Å². The lowest BCUT2D eigenvalue weighted by atomic mass is 9.90. The molecule has 0 amide bonds. The van der Waals surface area contributed by atoms with Gasteiger partial charge in [0.05, 0.1) is 36.1 Å². The van der Waals surface area contributed by atoms with Gasteiger partial charge in [-0.25, -0.2) is 9.79 Å². The number of benzene rings is 4. The molecule has 1 aromatic heterocycles. The number of allylic oxidation sites excluding steroid dienone is 2. The second kappa shape index (κ2) is 15.2. The van der Waals surface area contributed by atoms with Gasteiger partial charge in [0.25, 0.3) is 5.56 Å². The lowest BCUT2D eigenvalue weighted by molar-refractivity contribution is -0.139. The van der Waals surface area contributed by atoms with Crippen molar-refractivity contribution in [2.24, 2.45) is 4.99 Å². The molecule has 0 spiro atoms. The van der Waals surface area contributed by atoms with Crippen molar-refractivity contribution in [3.8, 4) is 17.2 Å². The summed E-state index contributed by atoms with van der Waals surface area (Å²) in [7, 11) is 1.58. The molecular weight excluding hydrogens is 672 g/mol. The van der Waals surface area contributed by atoms with Gasteiger partial charge in [0.2, 0.25) is 0 Å². The van der Waals surface area contributed by atoms with Crippen molar-refractivity contribution < 1.29 is 23.7 Å². The molecule has 0 saturated carbocycles. The Morgan fingerprint density at radius 2 is 1.78 bits per heavy atom. The number of thiazole rings is 1. The van der Waals surface area contributed by atoms with Crippen molar-refractivity contribution in [2.75, 3.05) is 20.3 Å². The number of carbonyl (C=O) groups excluding carboxylic acids is 1. The maximum Gasteiger partial charge on any atom is 0.338 e. The van der Waals surface area contributed by atoms with Gasteiger partial charge in [-0.3, -0.25) is 9.36 Å². The first kappa shape index (κ1) is 34.7. The zero-order valence-electron chi connectivity index (χ0n) is 28.3. The number of rotatable bonds is 12. The van der Waals surface area contributed by atoms with Gasteiger partial charge >= 0.3 is 5.97 Å². The van der Waals surface area contributed by atoms with Crippen LogP contribution in [0.1, 0.15) is 49.1 Å². The van der Waals surface area contributed by atoms with Crippen LogP contribution in [0, 0.1) is 0 Å². The number of ether oxygens (including phenoxy) is 4. The molecule has 0 aliphatic carbocycles. The molecule has 1 atom stereocenters. The van der Waals surface area contributed by atoms with Crippen LogP contribution in [-0.2, 0) is 22.6 Å². The van der Waals surface area contributed by atoms with Crippen molar-refractivity contribution in [1.82, 2.24) is 4.57 Å². The van der Waals surface area contributed by atoms with Gasteiger partial charge in [-0.15, -0.1) is 6.58 Å². The van der Waals surface area contributed by atoms with Crippen LogP contribution < -0.4 is 29.1 Å². The van der Waals surface area contributed by atoms with E-state index >= 15 is 0 Å². The van der Waals surface area contributed by atoms with Crippen molar-refractivity contribution in [2.45, 2.75) is 39.8 Å². The van der Waals surface area contributed by atoms with Crippen LogP contribution in [0.5, 0.6) is 17.2 Å². The molecule has 6 rings (SSSR count). The highest BCUT2D eigenvalue weighted by Gasteiger charge is 2.36. The summed E-state index contributed by atoms with van der Waals surface area (Å²) < 4.78 is 25.8. The van der Waals surface area contributed by atoms with Gasteiger partial charge in [-0.05, 0) is 73.9 Å². The van der Waals surface area contributed by atoms with Crippen LogP contribution in [0.2, 0.25) is 5.02 Å². The van der Waals surface area contributed by atoms with E-state index in [0.717, 1.165) is 27.5 Å². The highest BCUT2D eigenvalue weighted by atomic mass is 35.5. The highest BCUT2D eigenvalue weighted by Crippen LogP contribution is 2.40. The number of halogens is 1. The summed E-state index contributed by atoms with van der Waals surface area (Å²) in [5.41, 5.74) is 3.57. The maximum absolute atomic E-state index is 14.5. The predicted molar refractivity (Wildman–Crippen MR) is 198 cm³/mol. The maximum atomic E-state index is 14.5. The second-order valence-corrected chi connectivity index (χ2v) is 12.9. The van der Waals surface area contributed by atoms with E-state index < -0.39 is 12.0 Å². The normalized spacial score (nSPS) is 14.3. The van der Waals surface area contributed by atoms with Gasteiger partial charge in [-0.1, -0.05) is 77.5 Å². The van der Waals surface area contributed by atoms with E-state index in [1.807, 2.05) is 85.8 Å². The molecule has 0 bridgehead atoms. The number of nitrogens with zero attached hydrogens (tertiary/aromatic N) is 2. The second-order valence-electron chi connectivity index (χ2n) is 11.5. The summed E-state index contributed by atoms with van der Waals surface area (Å²) in [6.07, 6.45) is 4.11. The molecule has 8 nitrogen and oxygen atoms in total. The van der Waals surface area contributed by atoms with Crippen LogP contribution in [0.15, 0.2) is 107 Å². The zero-order valence-corrected chi connectivity index (χ0v) is 29.9. The van der Waals surface area contributed by atoms with Crippen LogP contribution in [0.4, 0.5) is 0 Å². The van der Waals surface area contributed by atoms with Gasteiger partial charge in [-0.2, -0.15) is 0 Å². The zero-order chi connectivity index (χ0) is 35.4. The molecule has 0 saturated heterocycles. The fraction of sp³-hybridized carbons (Fsp3) is 0.225. The van der Waals surface area contributed by atoms with Crippen LogP contribution >= 0.6 is 22.9 Å². The average Bonchev–Trinajstić information content (AvgIpc) is 3.41. The standard InChI is InChI=1S/C40H37ClN2O6S/c1-6-13-27-20-25(21-32(47-7-2)37(27)49-23-28-15-10-12-17-30(28)41)22-33-38(44)43-36(34(39(45)48-8-3)24(4)42-40(43)50-33)35-29-16-11-9-14-26(29)18-19-31(35)46-5/h6,9-12,14-22,36H,1,7-8,13,23H2,2-5H3/b33-22+/t36-/m0/s1. The molecule has 0 unspecified atom stereocenters. The Bertz CT molecular complexity index is 2320. The van der Waals surface area contributed by atoms with Crippen molar-refractivity contribution >= 4 is 45.8 Å². The predicted octanol–water partition coefficient (Wildman–Crippen LogP) is 7.32. The number of hydrogen-bond acceptors (Lipinski definition) is 8. The summed E-state index contributed by atoms with van der Waals surface area (Å²) in [6.45, 7) is 10.2. The fourth-order valence-electron chi connectivity index (χ4n) is 6.22. The SMILES string of the molecule is C=CCc1cc(/C=c2/sc3n(c2=O)[C@H](c2c(OC)ccc4ccccc24)C(C(=O)OCC)=C(C)N=3)cc(OCC)c1OCc1ccccc1Cl. The first-order valence-corrected chi connectivity index (χ1v) is 17.5. The first-order valence-electron chi connectivity index (χ1n) is 16.3. The topological polar surface area (TPSA) is 88.4 Å². The Morgan fingerprint density at radius 1 is 1.00 bits per heavy atom. The quantitative estimate of drug-likeness (QED) is 0.0998. The summed E-state index contributed by atoms with van der Waals surface area (Å²) in [6, 6.07) is 22.1. The number of hydrogen-bond donors (Lipinski definition) is 0. The molecule has 5 aromatic rings. The van der Waals surface area contributed by atoms with E-state index in [4.69, 9.17) is 35.5 Å². The average molecular weight is 709 g/mol. The minimum atomic E-state index is -0.843. The minimum Gasteiger partial charge on any atom is -0.496 e. The molecule has 1 aliphatic heterocycles. The van der Waals surface area contributed by atoms with Crippen molar-refractivity contribution in [3.63, 3.8) is 0 Å². The van der Waals surface area contributed by atoms with E-state index in [2.05, 4.69) is 6.58 Å². The molecule has 1 aliphatic rings. The number of esters is 1. The summed E-state index contributed by atoms with van der Waals surface area (Å²) in [5, 5.41) is 2.41. The van der Waals surface area contributed by atoms with E-state index in [0.29, 0.717) is 55.9 Å². The molecule has 4 aromatic carbocycles. The Hall–Kier alpha value is -5.12. The number of aromatic nitrogens is 1. The molecule has 256 valence electrons. The molecule has 0 radical (unpaired) electrons. The minimum absolute atomic E-state index is 0.173. The summed E-state index contributed by atoms with van der Waals surface area (Å²) in [5.74, 6) is 1.13. The van der Waals surface area contributed by atoms with Gasteiger partial charge in [0.15, 0.2) is 16.3 Å². The van der Waals surface area contributed by atoms with Crippen LogP contribution in [0.25, 0.3) is 16.8 Å². The Balaban J connectivity index is 1.53. The third-order valence-corrected chi connectivity index (χ3v) is 9.74. The smallest absolute Gasteiger partial charge is 0.338 e. The third-order valence-electron chi connectivity index (χ3n) is 8.39. The third kappa shape index (κ3) is 6.71. The van der Waals surface area contributed by atoms with Crippen molar-refractivity contribution in [3.05, 3.63) is 144 Å². The number of fused-ring (bicyclic) bond motifs is 2. The molecule has 0 N–H and O–H groups in total. The van der Waals surface area contributed by atoms with Gasteiger partial charge < -0.3 is 18.9 Å². The largest absolute Gasteiger partial charge is 0.496 e. The monoisotopic (exact) mass is 708 g/mol. The lowest BCUT2D eigenvalue weighted by Gasteiger charge is -2.27. The number of methoxy groups -OCH3 is 1. The van der Waals surface area contributed by atoms with Gasteiger partial charge in [0.1, 0.15) is 18.4 Å². The molecule has 50 heavy (non-hydrogen) atoms. The molecule has 10 heteroatoms. The summed E-state index contributed by atoms with van der Waals surface area (Å²) >= 11 is 7.66. The molecule has 2 heterocycles. The Morgan fingerprint density at radius 3 is 2.52 bits per heavy atom. The molecule has 0 fully saturated rings. The van der Waals surface area contributed by atoms with E-state index in [1.165, 1.54) is 11.3 Å². The summed E-state index contributed by atoms with van der Waals surface area (Å²) in [4.78, 5) is 33.4. The van der Waals surface area contributed by atoms with Crippen LogP contribution in [0.3, 0.4) is 0 Å². The van der Waals surface area contributed by atoms with E-state index in [9.17, 15) is 9.59 Å². The Kier molecular flexibility index (Phi) is 10.6. The highest BCUT2D eigenvalue weighted by molar-refractivity contribution is 7.07. The van der Waals surface area contributed by atoms with Crippen molar-refractivity contribution in [1.29, 1.82) is 0 Å². The lowest BCUT2D eigenvalue weighted by Crippen LogP contribution is -2.40. The number of carbonyl (C=O) groups is 1. The van der Waals surface area contributed by atoms with Crippen LogP contribution in [-0.4, -0.2) is 30.9 Å². The fourth-order valence-corrected chi connectivity index (χ4v) is 7.45. The van der Waals surface area contributed by atoms with E-state index in [1.54, 1.807) is 31.6 Å². The first-order chi connectivity index (χ1) is 24.3. The Labute approximate surface area is 299 Å².